The zero-order valence-electron chi connectivity index (χ0n) is 22.0. The van der Waals surface area contributed by atoms with E-state index in [-0.39, 0.29) is 23.6 Å². The molecule has 2 saturated heterocycles. The van der Waals surface area contributed by atoms with E-state index in [0.29, 0.717) is 30.2 Å². The highest BCUT2D eigenvalue weighted by Crippen LogP contribution is 2.43. The van der Waals surface area contributed by atoms with Gasteiger partial charge >= 0.3 is 0 Å². The maximum absolute atomic E-state index is 14.2. The highest BCUT2D eigenvalue weighted by atomic mass is 32.2. The van der Waals surface area contributed by atoms with E-state index in [1.807, 2.05) is 43.3 Å². The Morgan fingerprint density at radius 3 is 2.37 bits per heavy atom. The van der Waals surface area contributed by atoms with Gasteiger partial charge in [-0.2, -0.15) is 4.31 Å². The van der Waals surface area contributed by atoms with Crippen LogP contribution in [0, 0.1) is 25.5 Å². The number of methoxy groups -OCH3 is 1. The summed E-state index contributed by atoms with van der Waals surface area (Å²) in [5, 5.41) is 0. The van der Waals surface area contributed by atoms with Crippen LogP contribution in [0.4, 0.5) is 8.78 Å². The largest absolute Gasteiger partial charge is 0.383 e. The average Bonchev–Trinajstić information content (AvgIpc) is 2.89. The van der Waals surface area contributed by atoms with Gasteiger partial charge in [0.2, 0.25) is 10.0 Å². The summed E-state index contributed by atoms with van der Waals surface area (Å²) in [6.45, 7) is 5.77. The Kier molecular flexibility index (Phi) is 7.69. The molecule has 0 radical (unpaired) electrons. The van der Waals surface area contributed by atoms with Crippen LogP contribution in [0.25, 0.3) is 11.1 Å². The molecule has 2 heterocycles. The first-order valence-electron chi connectivity index (χ1n) is 13.1. The third-order valence-electron chi connectivity index (χ3n) is 8.14. The fourth-order valence-electron chi connectivity index (χ4n) is 6.11. The van der Waals surface area contributed by atoms with Gasteiger partial charge in [0.25, 0.3) is 0 Å². The van der Waals surface area contributed by atoms with Crippen molar-refractivity contribution in [1.29, 1.82) is 0 Å². The number of benzene rings is 3. The van der Waals surface area contributed by atoms with E-state index in [4.69, 9.17) is 4.74 Å². The molecule has 3 aromatic rings. The fraction of sp³-hybridized carbons (Fsp3) is 0.400. The minimum atomic E-state index is -3.64. The van der Waals surface area contributed by atoms with E-state index in [1.165, 1.54) is 0 Å². The maximum atomic E-state index is 14.2. The van der Waals surface area contributed by atoms with Crippen molar-refractivity contribution in [3.8, 4) is 11.1 Å². The van der Waals surface area contributed by atoms with Crippen LogP contribution in [-0.2, 0) is 14.8 Å². The van der Waals surface area contributed by atoms with Gasteiger partial charge in [-0.15, -0.1) is 0 Å². The number of hydrogen-bond acceptors (Lipinski definition) is 4. The van der Waals surface area contributed by atoms with Gasteiger partial charge < -0.3 is 4.74 Å². The predicted octanol–water partition coefficient (Wildman–Crippen LogP) is 5.52. The van der Waals surface area contributed by atoms with Crippen LogP contribution >= 0.6 is 0 Å². The molecule has 8 heteroatoms. The van der Waals surface area contributed by atoms with Crippen molar-refractivity contribution in [3.63, 3.8) is 0 Å². The lowest BCUT2D eigenvalue weighted by molar-refractivity contribution is -0.0635. The van der Waals surface area contributed by atoms with E-state index in [0.717, 1.165) is 42.1 Å². The number of halogens is 2. The van der Waals surface area contributed by atoms with E-state index in [1.54, 1.807) is 36.5 Å². The lowest BCUT2D eigenvalue weighted by Gasteiger charge is -2.57. The zero-order chi connectivity index (χ0) is 27.0. The van der Waals surface area contributed by atoms with Crippen molar-refractivity contribution in [3.05, 3.63) is 89.0 Å². The second-order valence-electron chi connectivity index (χ2n) is 10.3. The average molecular weight is 541 g/mol. The Morgan fingerprint density at radius 2 is 1.66 bits per heavy atom. The van der Waals surface area contributed by atoms with Crippen LogP contribution in [0.1, 0.15) is 35.4 Å². The second kappa shape index (κ2) is 10.8. The topological polar surface area (TPSA) is 49.9 Å². The molecule has 0 aliphatic carbocycles. The lowest BCUT2D eigenvalue weighted by atomic mass is 9.74. The zero-order valence-corrected chi connectivity index (χ0v) is 22.8. The van der Waals surface area contributed by atoms with Gasteiger partial charge in [0.1, 0.15) is 0 Å². The third kappa shape index (κ3) is 4.79. The summed E-state index contributed by atoms with van der Waals surface area (Å²) in [7, 11) is -1.94. The summed E-state index contributed by atoms with van der Waals surface area (Å²) in [4.78, 5) is 2.75. The Morgan fingerprint density at radius 1 is 0.947 bits per heavy atom. The van der Waals surface area contributed by atoms with Gasteiger partial charge in [0.15, 0.2) is 11.6 Å². The van der Waals surface area contributed by atoms with Crippen molar-refractivity contribution in [1.82, 2.24) is 9.21 Å². The molecule has 2 aliphatic rings. The molecular weight excluding hydrogens is 506 g/mol. The van der Waals surface area contributed by atoms with Crippen molar-refractivity contribution >= 4 is 10.0 Å². The van der Waals surface area contributed by atoms with Crippen LogP contribution in [0.5, 0.6) is 0 Å². The smallest absolute Gasteiger partial charge is 0.243 e. The van der Waals surface area contributed by atoms with Crippen LogP contribution < -0.4 is 0 Å². The summed E-state index contributed by atoms with van der Waals surface area (Å²) >= 11 is 0. The number of rotatable bonds is 6. The molecule has 0 bridgehead atoms. The number of nitrogens with zero attached hydrogens (tertiary/aromatic N) is 2. The van der Waals surface area contributed by atoms with Crippen molar-refractivity contribution < 1.29 is 21.9 Å². The molecule has 3 aromatic carbocycles. The molecule has 2 unspecified atom stereocenters. The highest BCUT2D eigenvalue weighted by Gasteiger charge is 2.50. The summed E-state index contributed by atoms with van der Waals surface area (Å²) in [6.07, 6.45) is 1.72. The molecular formula is C30H34F2N2O3S. The van der Waals surface area contributed by atoms with Crippen molar-refractivity contribution in [2.24, 2.45) is 0 Å². The third-order valence-corrected chi connectivity index (χ3v) is 10.2. The van der Waals surface area contributed by atoms with Gasteiger partial charge in [-0.25, -0.2) is 17.2 Å². The molecule has 0 amide bonds. The molecule has 38 heavy (non-hydrogen) atoms. The maximum Gasteiger partial charge on any atom is 0.243 e. The van der Waals surface area contributed by atoms with Gasteiger partial charge in [0.05, 0.1) is 11.5 Å². The Labute approximate surface area is 224 Å². The fourth-order valence-corrected chi connectivity index (χ4v) is 7.84. The molecule has 0 N–H and O–H groups in total. The number of ether oxygens (including phenoxy) is 1. The number of fused-ring (bicyclic) bond motifs is 1. The number of aryl methyl sites for hydroxylation is 1. The van der Waals surface area contributed by atoms with Crippen LogP contribution in [0.3, 0.4) is 0 Å². The number of sulfonamides is 1. The summed E-state index contributed by atoms with van der Waals surface area (Å²) in [5.74, 6) is -1.59. The lowest BCUT2D eigenvalue weighted by Crippen LogP contribution is -2.68. The quantitative estimate of drug-likeness (QED) is 0.413. The Balaban J connectivity index is 1.46. The van der Waals surface area contributed by atoms with E-state index >= 15 is 0 Å². The van der Waals surface area contributed by atoms with E-state index in [9.17, 15) is 17.2 Å². The molecule has 5 nitrogen and oxygen atoms in total. The molecule has 2 fully saturated rings. The molecule has 5 rings (SSSR count). The Hall–Kier alpha value is -2.65. The normalized spacial score (nSPS) is 22.8. The minimum absolute atomic E-state index is 0.0186. The van der Waals surface area contributed by atoms with Gasteiger partial charge in [-0.3, -0.25) is 4.90 Å². The molecule has 2 aliphatic heterocycles. The first-order chi connectivity index (χ1) is 18.2. The standard InChI is InChI=1S/C30H34F2N2O3S/c1-20-8-4-5-9-28(20)38(35,36)33-16-6-7-17-34-26(18-33)29(27(34)19-37-3)23-12-10-22(11-13-23)24-14-15-25(31)30(32)21(24)2/h4-5,8-15,26-27,29H,6-7,16-19H2,1-3H3/t26?,27?,29-/m0/s1. The molecule has 3 atom stereocenters. The first kappa shape index (κ1) is 26.9. The second-order valence-corrected chi connectivity index (χ2v) is 12.3. The van der Waals surface area contributed by atoms with Gasteiger partial charge in [-0.1, -0.05) is 48.5 Å². The summed E-state index contributed by atoms with van der Waals surface area (Å²) in [6, 6.07) is 18.0. The summed E-state index contributed by atoms with van der Waals surface area (Å²) in [5.41, 5.74) is 3.58. The van der Waals surface area contributed by atoms with Crippen LogP contribution in [0.15, 0.2) is 65.6 Å². The minimum Gasteiger partial charge on any atom is -0.383 e. The van der Waals surface area contributed by atoms with Gasteiger partial charge in [0, 0.05) is 38.2 Å². The predicted molar refractivity (Wildman–Crippen MR) is 145 cm³/mol. The van der Waals surface area contributed by atoms with Crippen molar-refractivity contribution in [2.45, 2.75) is 49.6 Å². The van der Waals surface area contributed by atoms with E-state index < -0.39 is 21.7 Å². The molecule has 0 saturated carbocycles. The highest BCUT2D eigenvalue weighted by molar-refractivity contribution is 7.89. The Bertz CT molecular complexity index is 1410. The van der Waals surface area contributed by atoms with Crippen LogP contribution in [-0.4, -0.2) is 63.1 Å². The molecule has 0 spiro atoms. The van der Waals surface area contributed by atoms with E-state index in [2.05, 4.69) is 4.90 Å². The SMILES string of the molecule is COCC1[C@@H](c2ccc(-c3ccc(F)c(F)c3C)cc2)C2CN(S(=O)(=O)c3ccccc3C)CCCCN12. The number of hydrogen-bond donors (Lipinski definition) is 0. The monoisotopic (exact) mass is 540 g/mol. The van der Waals surface area contributed by atoms with Gasteiger partial charge in [-0.05, 0) is 73.2 Å². The first-order valence-corrected chi connectivity index (χ1v) is 14.5. The summed E-state index contributed by atoms with van der Waals surface area (Å²) < 4.78 is 62.5. The van der Waals surface area contributed by atoms with Crippen molar-refractivity contribution in [2.75, 3.05) is 33.4 Å². The molecule has 202 valence electrons. The van der Waals surface area contributed by atoms with Crippen LogP contribution in [0.2, 0.25) is 0 Å². The molecule has 0 aromatic heterocycles.